The summed E-state index contributed by atoms with van der Waals surface area (Å²) >= 11 is 6.16. The number of carbonyl (C=O) groups excluding carboxylic acids is 1. The molecule has 196 valence electrons. The van der Waals surface area contributed by atoms with Gasteiger partial charge in [0, 0.05) is 43.8 Å². The molecule has 1 saturated heterocycles. The van der Waals surface area contributed by atoms with Crippen molar-refractivity contribution in [3.63, 3.8) is 0 Å². The highest BCUT2D eigenvalue weighted by Gasteiger charge is 2.26. The van der Waals surface area contributed by atoms with Gasteiger partial charge in [0.2, 0.25) is 0 Å². The molecule has 3 aromatic rings. The topological polar surface area (TPSA) is 60.5 Å². The summed E-state index contributed by atoms with van der Waals surface area (Å²) in [5.41, 5.74) is 2.60. The summed E-state index contributed by atoms with van der Waals surface area (Å²) in [7, 11) is 4.81. The summed E-state index contributed by atoms with van der Waals surface area (Å²) < 4.78 is 22.5. The van der Waals surface area contributed by atoms with Crippen molar-refractivity contribution in [2.24, 2.45) is 0 Å². The second-order valence-electron chi connectivity index (χ2n) is 8.87. The molecule has 1 fully saturated rings. The maximum atomic E-state index is 13.2. The van der Waals surface area contributed by atoms with Gasteiger partial charge in [-0.3, -0.25) is 9.69 Å². The van der Waals surface area contributed by atoms with Crippen LogP contribution in [0.3, 0.4) is 0 Å². The van der Waals surface area contributed by atoms with Gasteiger partial charge in [-0.05, 0) is 47.5 Å². The van der Waals surface area contributed by atoms with Crippen molar-refractivity contribution in [1.29, 1.82) is 0 Å². The van der Waals surface area contributed by atoms with Crippen LogP contribution in [-0.4, -0.2) is 69.8 Å². The predicted molar refractivity (Wildman–Crippen MR) is 144 cm³/mol. The lowest BCUT2D eigenvalue weighted by Gasteiger charge is -2.36. The number of benzene rings is 3. The number of carbonyl (C=O) groups is 1. The Morgan fingerprint density at radius 3 is 2.30 bits per heavy atom. The molecule has 0 N–H and O–H groups in total. The summed E-state index contributed by atoms with van der Waals surface area (Å²) in [6.45, 7) is 3.86. The molecular formula is C29H33ClN2O5. The lowest BCUT2D eigenvalue weighted by Crippen LogP contribution is -2.49. The normalized spacial score (nSPS) is 14.8. The van der Waals surface area contributed by atoms with Gasteiger partial charge in [0.25, 0.3) is 5.91 Å². The van der Waals surface area contributed by atoms with Crippen LogP contribution in [0, 0.1) is 0 Å². The number of piperazine rings is 1. The van der Waals surface area contributed by atoms with Crippen LogP contribution in [0.4, 0.5) is 0 Å². The molecular weight excluding hydrogens is 492 g/mol. The molecule has 7 nitrogen and oxygen atoms in total. The van der Waals surface area contributed by atoms with Crippen LogP contribution in [0.15, 0.2) is 66.7 Å². The fourth-order valence-electron chi connectivity index (χ4n) is 4.43. The van der Waals surface area contributed by atoms with Gasteiger partial charge in [-0.15, -0.1) is 0 Å². The lowest BCUT2D eigenvalue weighted by molar-refractivity contribution is 0.00331. The van der Waals surface area contributed by atoms with E-state index < -0.39 is 0 Å². The predicted octanol–water partition coefficient (Wildman–Crippen LogP) is 5.08. The Balaban J connectivity index is 1.42. The molecule has 37 heavy (non-hydrogen) atoms. The molecule has 0 bridgehead atoms. The first kappa shape index (κ1) is 26.8. The molecule has 0 saturated carbocycles. The third kappa shape index (κ3) is 6.95. The van der Waals surface area contributed by atoms with E-state index in [2.05, 4.69) is 11.0 Å². The Bertz CT molecular complexity index is 1200. The van der Waals surface area contributed by atoms with Crippen LogP contribution in [0.1, 0.15) is 27.6 Å². The van der Waals surface area contributed by atoms with E-state index in [0.717, 1.165) is 30.0 Å². The minimum Gasteiger partial charge on any atom is -0.497 e. The van der Waals surface area contributed by atoms with Crippen LogP contribution in [0.5, 0.6) is 17.2 Å². The first-order valence-corrected chi connectivity index (χ1v) is 12.6. The summed E-state index contributed by atoms with van der Waals surface area (Å²) in [5, 5.41) is 0.688. The van der Waals surface area contributed by atoms with E-state index in [9.17, 15) is 4.79 Å². The Morgan fingerprint density at radius 2 is 1.59 bits per heavy atom. The van der Waals surface area contributed by atoms with E-state index in [1.54, 1.807) is 39.5 Å². The minimum absolute atomic E-state index is 0.0410. The SMILES string of the molecule is COc1cccc([C@H](CN2CCN(C(=O)c3ccc(OC)cc3OC)CC2)OCc2cccc(Cl)c2)c1. The smallest absolute Gasteiger partial charge is 0.257 e. The average Bonchev–Trinajstić information content (AvgIpc) is 2.94. The van der Waals surface area contributed by atoms with E-state index in [1.165, 1.54) is 0 Å². The van der Waals surface area contributed by atoms with Gasteiger partial charge in [-0.1, -0.05) is 35.9 Å². The zero-order valence-electron chi connectivity index (χ0n) is 21.5. The number of rotatable bonds is 10. The standard InChI is InChI=1S/C29H33ClN2O5/c1-34-24-9-5-7-22(17-24)28(37-20-21-6-4-8-23(30)16-21)19-31-12-14-32(15-13-31)29(33)26-11-10-25(35-2)18-27(26)36-3/h4-11,16-18,28H,12-15,19-20H2,1-3H3/t28-/m0/s1. The van der Waals surface area contributed by atoms with Crippen molar-refractivity contribution >= 4 is 17.5 Å². The largest absolute Gasteiger partial charge is 0.497 e. The van der Waals surface area contributed by atoms with Gasteiger partial charge in [-0.25, -0.2) is 0 Å². The van der Waals surface area contributed by atoms with E-state index in [-0.39, 0.29) is 12.0 Å². The fraction of sp³-hybridized carbons (Fsp3) is 0.345. The van der Waals surface area contributed by atoms with Gasteiger partial charge >= 0.3 is 0 Å². The maximum Gasteiger partial charge on any atom is 0.257 e. The Labute approximate surface area is 223 Å². The second-order valence-corrected chi connectivity index (χ2v) is 9.30. The second kappa shape index (κ2) is 12.8. The summed E-state index contributed by atoms with van der Waals surface area (Å²) in [6, 6.07) is 20.9. The molecule has 1 aliphatic heterocycles. The van der Waals surface area contributed by atoms with Crippen LogP contribution in [-0.2, 0) is 11.3 Å². The van der Waals surface area contributed by atoms with Crippen LogP contribution >= 0.6 is 11.6 Å². The molecule has 1 amide bonds. The number of nitrogens with zero attached hydrogens (tertiary/aromatic N) is 2. The van der Waals surface area contributed by atoms with Crippen molar-refractivity contribution < 1.29 is 23.7 Å². The number of ether oxygens (including phenoxy) is 4. The van der Waals surface area contributed by atoms with Gasteiger partial charge in [0.1, 0.15) is 17.2 Å². The number of hydrogen-bond donors (Lipinski definition) is 0. The van der Waals surface area contributed by atoms with Crippen molar-refractivity contribution in [2.45, 2.75) is 12.7 Å². The third-order valence-corrected chi connectivity index (χ3v) is 6.76. The average molecular weight is 525 g/mol. The lowest BCUT2D eigenvalue weighted by atomic mass is 10.1. The Hall–Kier alpha value is -3.26. The molecule has 1 aliphatic rings. The molecule has 0 spiro atoms. The molecule has 1 atom stereocenters. The zero-order chi connectivity index (χ0) is 26.2. The minimum atomic E-state index is -0.169. The highest BCUT2D eigenvalue weighted by atomic mass is 35.5. The van der Waals surface area contributed by atoms with Crippen molar-refractivity contribution in [3.8, 4) is 17.2 Å². The third-order valence-electron chi connectivity index (χ3n) is 6.53. The van der Waals surface area contributed by atoms with Crippen LogP contribution < -0.4 is 14.2 Å². The quantitative estimate of drug-likeness (QED) is 0.368. The summed E-state index contributed by atoms with van der Waals surface area (Å²) in [5.74, 6) is 1.91. The summed E-state index contributed by atoms with van der Waals surface area (Å²) in [6.07, 6.45) is -0.169. The van der Waals surface area contributed by atoms with E-state index in [0.29, 0.717) is 48.3 Å². The number of hydrogen-bond acceptors (Lipinski definition) is 6. The highest BCUT2D eigenvalue weighted by Crippen LogP contribution is 2.28. The highest BCUT2D eigenvalue weighted by molar-refractivity contribution is 6.30. The summed E-state index contributed by atoms with van der Waals surface area (Å²) in [4.78, 5) is 17.4. The van der Waals surface area contributed by atoms with Crippen molar-refractivity contribution in [1.82, 2.24) is 9.80 Å². The number of halogens is 1. The van der Waals surface area contributed by atoms with Gasteiger partial charge in [0.05, 0.1) is 39.6 Å². The molecule has 8 heteroatoms. The molecule has 0 aliphatic carbocycles. The van der Waals surface area contributed by atoms with Crippen molar-refractivity contribution in [2.75, 3.05) is 54.1 Å². The first-order valence-electron chi connectivity index (χ1n) is 12.2. The van der Waals surface area contributed by atoms with Gasteiger partial charge in [0.15, 0.2) is 0 Å². The van der Waals surface area contributed by atoms with Gasteiger partial charge in [-0.2, -0.15) is 0 Å². The molecule has 0 radical (unpaired) electrons. The van der Waals surface area contributed by atoms with Gasteiger partial charge < -0.3 is 23.8 Å². The Morgan fingerprint density at radius 1 is 0.865 bits per heavy atom. The maximum absolute atomic E-state index is 13.2. The number of amides is 1. The van der Waals surface area contributed by atoms with E-state index in [4.69, 9.17) is 30.5 Å². The van der Waals surface area contributed by atoms with Crippen LogP contribution in [0.25, 0.3) is 0 Å². The fourth-order valence-corrected chi connectivity index (χ4v) is 4.65. The van der Waals surface area contributed by atoms with E-state index >= 15 is 0 Å². The van der Waals surface area contributed by atoms with Crippen LogP contribution in [0.2, 0.25) is 5.02 Å². The van der Waals surface area contributed by atoms with Crippen molar-refractivity contribution in [3.05, 3.63) is 88.4 Å². The monoisotopic (exact) mass is 524 g/mol. The van der Waals surface area contributed by atoms with E-state index in [1.807, 2.05) is 47.4 Å². The molecule has 1 heterocycles. The Kier molecular flexibility index (Phi) is 9.28. The molecule has 0 aromatic heterocycles. The first-order chi connectivity index (χ1) is 18.0. The molecule has 0 unspecified atom stereocenters. The molecule has 4 rings (SSSR count). The zero-order valence-corrected chi connectivity index (χ0v) is 22.2. The molecule has 3 aromatic carbocycles. The number of methoxy groups -OCH3 is 3.